The fraction of sp³-hybridized carbons (Fsp3) is 0.714. The molecule has 0 saturated carbocycles. The van der Waals surface area contributed by atoms with Crippen molar-refractivity contribution in [2.45, 2.75) is 39.3 Å². The Hall–Kier alpha value is -0.910. The van der Waals surface area contributed by atoms with Crippen LogP contribution in [0, 0.1) is 0 Å². The minimum atomic E-state index is -0.106. The molecule has 0 radical (unpaired) electrons. The zero-order chi connectivity index (χ0) is 14.7. The number of nitrogens with zero attached hydrogens (tertiary/aromatic N) is 3. The second kappa shape index (κ2) is 6.70. The lowest BCUT2D eigenvalue weighted by Crippen LogP contribution is -2.45. The lowest BCUT2D eigenvalue weighted by atomic mass is 10.2. The molecule has 0 aliphatic carbocycles. The van der Waals surface area contributed by atoms with Crippen LogP contribution in [0.15, 0.2) is 10.9 Å². The molecule has 2 heterocycles. The highest BCUT2D eigenvalue weighted by Gasteiger charge is 2.22. The van der Waals surface area contributed by atoms with Crippen LogP contribution in [0.2, 0.25) is 5.15 Å². The van der Waals surface area contributed by atoms with Gasteiger partial charge in [0.15, 0.2) is 0 Å². The molecule has 0 bridgehead atoms. The van der Waals surface area contributed by atoms with Crippen LogP contribution in [-0.4, -0.2) is 46.8 Å². The summed E-state index contributed by atoms with van der Waals surface area (Å²) in [6, 6.07) is 1.37. The molecular weight excluding hydrogens is 278 g/mol. The number of morpholine rings is 1. The molecule has 2 rings (SSSR count). The number of aromatic nitrogens is 2. The van der Waals surface area contributed by atoms with Crippen molar-refractivity contribution in [1.29, 1.82) is 0 Å². The minimum absolute atomic E-state index is 0.0295. The van der Waals surface area contributed by atoms with Crippen LogP contribution in [0.3, 0.4) is 0 Å². The first-order valence-corrected chi connectivity index (χ1v) is 7.50. The minimum Gasteiger partial charge on any atom is -0.374 e. The number of hydrogen-bond acceptors (Lipinski definition) is 4. The van der Waals surface area contributed by atoms with Gasteiger partial charge in [0, 0.05) is 25.1 Å². The van der Waals surface area contributed by atoms with Crippen LogP contribution < -0.4 is 5.56 Å². The van der Waals surface area contributed by atoms with E-state index in [0.29, 0.717) is 13.2 Å². The van der Waals surface area contributed by atoms with Crippen LogP contribution in [0.4, 0.5) is 0 Å². The molecule has 0 spiro atoms. The first kappa shape index (κ1) is 15.5. The number of likely N-dealkylation sites (N-methyl/N-ethyl adjacent to an activating group) is 1. The second-order valence-electron chi connectivity index (χ2n) is 5.43. The predicted molar refractivity (Wildman–Crippen MR) is 79.5 cm³/mol. The zero-order valence-corrected chi connectivity index (χ0v) is 13.1. The molecule has 1 aliphatic rings. The van der Waals surface area contributed by atoms with E-state index in [0.717, 1.165) is 25.5 Å². The van der Waals surface area contributed by atoms with E-state index in [1.807, 2.05) is 13.8 Å². The van der Waals surface area contributed by atoms with Crippen LogP contribution in [0.25, 0.3) is 0 Å². The molecule has 1 atom stereocenters. The third-order valence-corrected chi connectivity index (χ3v) is 3.77. The first-order valence-electron chi connectivity index (χ1n) is 7.12. The summed E-state index contributed by atoms with van der Waals surface area (Å²) in [5.41, 5.74) is -0.106. The van der Waals surface area contributed by atoms with Gasteiger partial charge in [-0.1, -0.05) is 32.4 Å². The lowest BCUT2D eigenvalue weighted by molar-refractivity contribution is -0.0352. The van der Waals surface area contributed by atoms with Gasteiger partial charge in [-0.2, -0.15) is 0 Å². The van der Waals surface area contributed by atoms with E-state index >= 15 is 0 Å². The Kier molecular flexibility index (Phi) is 5.18. The van der Waals surface area contributed by atoms with E-state index in [1.165, 1.54) is 6.07 Å². The Bertz CT molecular complexity index is 516. The molecule has 1 fully saturated rings. The maximum atomic E-state index is 12.2. The molecule has 0 N–H and O–H groups in total. The summed E-state index contributed by atoms with van der Waals surface area (Å²) in [4.78, 5) is 18.8. The van der Waals surface area contributed by atoms with Crippen molar-refractivity contribution < 1.29 is 4.74 Å². The number of hydrogen-bond donors (Lipinski definition) is 0. The van der Waals surface area contributed by atoms with Gasteiger partial charge in [0.2, 0.25) is 0 Å². The van der Waals surface area contributed by atoms with Crippen LogP contribution in [0.1, 0.15) is 32.5 Å². The third-order valence-electron chi connectivity index (χ3n) is 3.58. The van der Waals surface area contributed by atoms with Crippen molar-refractivity contribution in [2.24, 2.45) is 0 Å². The monoisotopic (exact) mass is 299 g/mol. The fourth-order valence-electron chi connectivity index (χ4n) is 2.50. The molecule has 5 nitrogen and oxygen atoms in total. The molecule has 1 aliphatic heterocycles. The van der Waals surface area contributed by atoms with Gasteiger partial charge in [-0.3, -0.25) is 14.3 Å². The van der Waals surface area contributed by atoms with Crippen molar-refractivity contribution in [3.8, 4) is 0 Å². The van der Waals surface area contributed by atoms with Gasteiger partial charge in [0.1, 0.15) is 11.0 Å². The zero-order valence-electron chi connectivity index (χ0n) is 12.3. The summed E-state index contributed by atoms with van der Waals surface area (Å²) in [5.74, 6) is 0.868. The molecular formula is C14H22ClN3O2. The summed E-state index contributed by atoms with van der Waals surface area (Å²) < 4.78 is 7.47. The van der Waals surface area contributed by atoms with E-state index < -0.39 is 0 Å². The Labute approximate surface area is 124 Å². The van der Waals surface area contributed by atoms with Crippen molar-refractivity contribution in [2.75, 3.05) is 26.2 Å². The molecule has 112 valence electrons. The van der Waals surface area contributed by atoms with E-state index in [2.05, 4.69) is 16.8 Å². The highest BCUT2D eigenvalue weighted by molar-refractivity contribution is 6.29. The van der Waals surface area contributed by atoms with Crippen LogP contribution in [0.5, 0.6) is 0 Å². The molecule has 1 aromatic heterocycles. The summed E-state index contributed by atoms with van der Waals surface area (Å²) in [6.07, 6.45) is 0.0295. The maximum Gasteiger partial charge on any atom is 0.255 e. The highest BCUT2D eigenvalue weighted by Crippen LogP contribution is 2.15. The van der Waals surface area contributed by atoms with Crippen LogP contribution >= 0.6 is 11.6 Å². The summed E-state index contributed by atoms with van der Waals surface area (Å²) in [6.45, 7) is 10.2. The lowest BCUT2D eigenvalue weighted by Gasteiger charge is -2.32. The van der Waals surface area contributed by atoms with E-state index in [-0.39, 0.29) is 22.7 Å². The van der Waals surface area contributed by atoms with E-state index in [1.54, 1.807) is 4.57 Å². The van der Waals surface area contributed by atoms with E-state index in [9.17, 15) is 4.79 Å². The number of ether oxygens (including phenoxy) is 1. The predicted octanol–water partition coefficient (Wildman–Crippen LogP) is 1.74. The number of halogens is 1. The smallest absolute Gasteiger partial charge is 0.255 e. The van der Waals surface area contributed by atoms with Crippen molar-refractivity contribution in [3.63, 3.8) is 0 Å². The molecule has 1 saturated heterocycles. The van der Waals surface area contributed by atoms with Gasteiger partial charge in [0.05, 0.1) is 19.3 Å². The molecule has 1 aromatic rings. The van der Waals surface area contributed by atoms with Gasteiger partial charge >= 0.3 is 0 Å². The Morgan fingerprint density at radius 3 is 2.95 bits per heavy atom. The molecule has 6 heteroatoms. The second-order valence-corrected chi connectivity index (χ2v) is 5.81. The Balaban J connectivity index is 2.22. The summed E-state index contributed by atoms with van der Waals surface area (Å²) in [7, 11) is 0. The highest BCUT2D eigenvalue weighted by atomic mass is 35.5. The fourth-order valence-corrected chi connectivity index (χ4v) is 2.68. The quantitative estimate of drug-likeness (QED) is 0.795. The van der Waals surface area contributed by atoms with Crippen molar-refractivity contribution in [1.82, 2.24) is 14.5 Å². The van der Waals surface area contributed by atoms with Crippen molar-refractivity contribution in [3.05, 3.63) is 27.4 Å². The maximum absolute atomic E-state index is 12.2. The summed E-state index contributed by atoms with van der Waals surface area (Å²) >= 11 is 5.89. The van der Waals surface area contributed by atoms with Gasteiger partial charge in [-0.05, 0) is 6.54 Å². The Morgan fingerprint density at radius 1 is 1.55 bits per heavy atom. The number of rotatable bonds is 4. The van der Waals surface area contributed by atoms with Gasteiger partial charge < -0.3 is 4.74 Å². The van der Waals surface area contributed by atoms with Gasteiger partial charge in [0.25, 0.3) is 5.56 Å². The standard InChI is InChI=1S/C14H22ClN3O2/c1-4-17-5-6-20-11(8-17)9-18-13(19)7-12(15)16-14(18)10(2)3/h7,10-11H,4-6,8-9H2,1-3H3. The average Bonchev–Trinajstić information content (AvgIpc) is 2.41. The largest absolute Gasteiger partial charge is 0.374 e. The van der Waals surface area contributed by atoms with Crippen LogP contribution in [-0.2, 0) is 11.3 Å². The van der Waals surface area contributed by atoms with E-state index in [4.69, 9.17) is 16.3 Å². The molecule has 1 unspecified atom stereocenters. The topological polar surface area (TPSA) is 47.4 Å². The Morgan fingerprint density at radius 2 is 2.30 bits per heavy atom. The third kappa shape index (κ3) is 3.59. The molecule has 0 aromatic carbocycles. The molecule has 20 heavy (non-hydrogen) atoms. The molecule has 0 amide bonds. The average molecular weight is 300 g/mol. The van der Waals surface area contributed by atoms with Crippen molar-refractivity contribution >= 4 is 11.6 Å². The SMILES string of the molecule is CCN1CCOC(Cn2c(C(C)C)nc(Cl)cc2=O)C1. The van der Waals surface area contributed by atoms with Gasteiger partial charge in [-0.25, -0.2) is 4.98 Å². The first-order chi connectivity index (χ1) is 9.51. The van der Waals surface area contributed by atoms with Gasteiger partial charge in [-0.15, -0.1) is 0 Å². The normalized spacial score (nSPS) is 20.6. The summed E-state index contributed by atoms with van der Waals surface area (Å²) in [5, 5.41) is 0.259.